The van der Waals surface area contributed by atoms with Crippen LogP contribution in [0.25, 0.3) is 11.3 Å². The van der Waals surface area contributed by atoms with E-state index in [-0.39, 0.29) is 12.1 Å². The molecule has 1 unspecified atom stereocenters. The van der Waals surface area contributed by atoms with E-state index in [2.05, 4.69) is 15.4 Å². The van der Waals surface area contributed by atoms with Gasteiger partial charge in [-0.25, -0.2) is 4.79 Å². The molecule has 0 aliphatic heterocycles. The van der Waals surface area contributed by atoms with E-state index in [0.29, 0.717) is 18.7 Å². The van der Waals surface area contributed by atoms with Crippen LogP contribution in [-0.4, -0.2) is 43.9 Å². The minimum atomic E-state index is -0.352. The first kappa shape index (κ1) is 18.2. The highest BCUT2D eigenvalue weighted by molar-refractivity contribution is 5.89. The van der Waals surface area contributed by atoms with Gasteiger partial charge in [0, 0.05) is 25.2 Å². The van der Waals surface area contributed by atoms with Crippen molar-refractivity contribution in [2.75, 3.05) is 26.7 Å². The summed E-state index contributed by atoms with van der Waals surface area (Å²) in [6, 6.07) is 10.9. The Morgan fingerprint density at radius 2 is 1.88 bits per heavy atom. The number of methoxy groups -OCH3 is 1. The maximum absolute atomic E-state index is 11.4. The van der Waals surface area contributed by atoms with Crippen LogP contribution in [0.15, 0.2) is 40.8 Å². The van der Waals surface area contributed by atoms with E-state index in [1.807, 2.05) is 24.3 Å². The number of nitrogens with one attached hydrogen (secondary N) is 2. The Bertz CT molecular complexity index is 635. The maximum Gasteiger partial charge on any atom is 0.337 e. The molecular formula is C18H24N2O4. The van der Waals surface area contributed by atoms with Gasteiger partial charge in [-0.2, -0.15) is 0 Å². The lowest BCUT2D eigenvalue weighted by Crippen LogP contribution is -2.31. The first-order valence-corrected chi connectivity index (χ1v) is 7.97. The van der Waals surface area contributed by atoms with Crippen molar-refractivity contribution in [3.05, 3.63) is 47.7 Å². The second-order valence-corrected chi connectivity index (χ2v) is 5.56. The molecule has 0 spiro atoms. The average Bonchev–Trinajstić information content (AvgIpc) is 3.06. The lowest BCUT2D eigenvalue weighted by Gasteiger charge is -2.07. The highest BCUT2D eigenvalue weighted by Crippen LogP contribution is 2.22. The van der Waals surface area contributed by atoms with Gasteiger partial charge in [0.25, 0.3) is 0 Å². The third-order valence-corrected chi connectivity index (χ3v) is 3.47. The number of aliphatic hydroxyl groups excluding tert-OH is 1. The SMILES string of the molecule is COC(=O)c1ccc(-c2ccc(CNCCNCC(C)O)o2)cc1. The van der Waals surface area contributed by atoms with Crippen molar-refractivity contribution < 1.29 is 19.1 Å². The van der Waals surface area contributed by atoms with E-state index < -0.39 is 0 Å². The molecule has 1 aromatic carbocycles. The Hall–Kier alpha value is -2.15. The number of aliphatic hydroxyl groups is 1. The molecule has 0 saturated heterocycles. The minimum Gasteiger partial charge on any atom is -0.465 e. The van der Waals surface area contributed by atoms with E-state index in [0.717, 1.165) is 30.2 Å². The molecule has 3 N–H and O–H groups in total. The molecule has 6 nitrogen and oxygen atoms in total. The standard InChI is InChI=1S/C18H24N2O4/c1-13(21)11-19-9-10-20-12-16-7-8-17(24-16)14-3-5-15(6-4-14)18(22)23-2/h3-8,13,19-21H,9-12H2,1-2H3. The fraction of sp³-hybridized carbons (Fsp3) is 0.389. The summed E-state index contributed by atoms with van der Waals surface area (Å²) in [5.74, 6) is 1.25. The van der Waals surface area contributed by atoms with Gasteiger partial charge in [-0.1, -0.05) is 12.1 Å². The zero-order chi connectivity index (χ0) is 17.4. The van der Waals surface area contributed by atoms with Crippen LogP contribution in [0.2, 0.25) is 0 Å². The highest BCUT2D eigenvalue weighted by atomic mass is 16.5. The van der Waals surface area contributed by atoms with Crippen LogP contribution in [0, 0.1) is 0 Å². The van der Waals surface area contributed by atoms with E-state index >= 15 is 0 Å². The van der Waals surface area contributed by atoms with Crippen LogP contribution < -0.4 is 10.6 Å². The second kappa shape index (κ2) is 9.22. The Labute approximate surface area is 141 Å². The van der Waals surface area contributed by atoms with E-state index in [1.165, 1.54) is 7.11 Å². The zero-order valence-electron chi connectivity index (χ0n) is 14.0. The van der Waals surface area contributed by atoms with Gasteiger partial charge < -0.3 is 24.9 Å². The molecule has 1 aromatic heterocycles. The van der Waals surface area contributed by atoms with Gasteiger partial charge >= 0.3 is 5.97 Å². The van der Waals surface area contributed by atoms with Crippen molar-refractivity contribution in [1.82, 2.24) is 10.6 Å². The van der Waals surface area contributed by atoms with Crippen molar-refractivity contribution in [3.63, 3.8) is 0 Å². The molecule has 0 saturated carbocycles. The third-order valence-electron chi connectivity index (χ3n) is 3.47. The number of carbonyl (C=O) groups excluding carboxylic acids is 1. The topological polar surface area (TPSA) is 83.7 Å². The van der Waals surface area contributed by atoms with Gasteiger partial charge in [0.05, 0.1) is 25.3 Å². The number of benzene rings is 1. The van der Waals surface area contributed by atoms with Gasteiger partial charge in [0.15, 0.2) is 0 Å². The van der Waals surface area contributed by atoms with Gasteiger partial charge in [-0.15, -0.1) is 0 Å². The number of esters is 1. The number of furan rings is 1. The first-order chi connectivity index (χ1) is 11.6. The van der Waals surface area contributed by atoms with Crippen LogP contribution >= 0.6 is 0 Å². The van der Waals surface area contributed by atoms with E-state index in [4.69, 9.17) is 9.52 Å². The number of hydrogen-bond acceptors (Lipinski definition) is 6. The molecule has 130 valence electrons. The summed E-state index contributed by atoms with van der Waals surface area (Å²) in [7, 11) is 1.36. The van der Waals surface area contributed by atoms with E-state index in [1.54, 1.807) is 19.1 Å². The first-order valence-electron chi connectivity index (χ1n) is 7.97. The lowest BCUT2D eigenvalue weighted by atomic mass is 10.1. The predicted molar refractivity (Wildman–Crippen MR) is 91.7 cm³/mol. The Balaban J connectivity index is 1.81. The Morgan fingerprint density at radius 3 is 2.54 bits per heavy atom. The van der Waals surface area contributed by atoms with Gasteiger partial charge in [0.1, 0.15) is 11.5 Å². The fourth-order valence-electron chi connectivity index (χ4n) is 2.22. The molecule has 2 rings (SSSR count). The summed E-state index contributed by atoms with van der Waals surface area (Å²) in [5, 5.41) is 15.5. The fourth-order valence-corrected chi connectivity index (χ4v) is 2.22. The van der Waals surface area contributed by atoms with Crippen molar-refractivity contribution in [1.29, 1.82) is 0 Å². The lowest BCUT2D eigenvalue weighted by molar-refractivity contribution is 0.0600. The van der Waals surface area contributed by atoms with Crippen molar-refractivity contribution in [2.24, 2.45) is 0 Å². The summed E-state index contributed by atoms with van der Waals surface area (Å²) in [4.78, 5) is 11.4. The number of rotatable bonds is 9. The second-order valence-electron chi connectivity index (χ2n) is 5.56. The van der Waals surface area contributed by atoms with Gasteiger partial charge in [0.2, 0.25) is 0 Å². The molecule has 0 bridgehead atoms. The smallest absolute Gasteiger partial charge is 0.337 e. The van der Waals surface area contributed by atoms with Gasteiger partial charge in [-0.05, 0) is 31.2 Å². The van der Waals surface area contributed by atoms with Crippen molar-refractivity contribution in [3.8, 4) is 11.3 Å². The van der Waals surface area contributed by atoms with Crippen LogP contribution in [0.1, 0.15) is 23.0 Å². The molecule has 24 heavy (non-hydrogen) atoms. The Kier molecular flexibility index (Phi) is 6.99. The molecule has 0 amide bonds. The minimum absolute atomic E-state index is 0.330. The molecule has 0 aliphatic rings. The number of carbonyl (C=O) groups is 1. The molecular weight excluding hydrogens is 308 g/mol. The van der Waals surface area contributed by atoms with Crippen LogP contribution in [0.4, 0.5) is 0 Å². The quantitative estimate of drug-likeness (QED) is 0.480. The summed E-state index contributed by atoms with van der Waals surface area (Å²) in [6.07, 6.45) is -0.330. The molecule has 1 heterocycles. The van der Waals surface area contributed by atoms with Crippen LogP contribution in [0.5, 0.6) is 0 Å². The molecule has 0 radical (unpaired) electrons. The molecule has 2 aromatic rings. The summed E-state index contributed by atoms with van der Waals surface area (Å²) < 4.78 is 10.5. The van der Waals surface area contributed by atoms with Crippen LogP contribution in [0.3, 0.4) is 0 Å². The summed E-state index contributed by atoms with van der Waals surface area (Å²) in [6.45, 7) is 4.55. The van der Waals surface area contributed by atoms with Gasteiger partial charge in [-0.3, -0.25) is 0 Å². The van der Waals surface area contributed by atoms with Crippen molar-refractivity contribution in [2.45, 2.75) is 19.6 Å². The average molecular weight is 332 g/mol. The Morgan fingerprint density at radius 1 is 1.17 bits per heavy atom. The van der Waals surface area contributed by atoms with Crippen LogP contribution in [-0.2, 0) is 11.3 Å². The normalized spacial score (nSPS) is 12.1. The third kappa shape index (κ3) is 5.49. The molecule has 6 heteroatoms. The predicted octanol–water partition coefficient (Wildman–Crippen LogP) is 1.79. The summed E-state index contributed by atoms with van der Waals surface area (Å²) in [5.41, 5.74) is 1.42. The number of ether oxygens (including phenoxy) is 1. The molecule has 1 atom stereocenters. The number of hydrogen-bond donors (Lipinski definition) is 3. The largest absolute Gasteiger partial charge is 0.465 e. The highest BCUT2D eigenvalue weighted by Gasteiger charge is 2.08. The van der Waals surface area contributed by atoms with Crippen molar-refractivity contribution >= 4 is 5.97 Å². The zero-order valence-corrected chi connectivity index (χ0v) is 14.0. The summed E-state index contributed by atoms with van der Waals surface area (Å²) >= 11 is 0. The molecule has 0 aliphatic carbocycles. The van der Waals surface area contributed by atoms with E-state index in [9.17, 15) is 4.79 Å². The monoisotopic (exact) mass is 332 g/mol. The maximum atomic E-state index is 11.4. The molecule has 0 fully saturated rings.